The number of aryl methyl sites for hydroxylation is 1. The van der Waals surface area contributed by atoms with Crippen molar-refractivity contribution in [3.63, 3.8) is 0 Å². The van der Waals surface area contributed by atoms with Crippen molar-refractivity contribution in [2.45, 2.75) is 38.6 Å². The molecule has 30 heavy (non-hydrogen) atoms. The molecule has 2 atom stereocenters. The topological polar surface area (TPSA) is 39.5 Å². The van der Waals surface area contributed by atoms with Crippen LogP contribution < -0.4 is 9.47 Å². The van der Waals surface area contributed by atoms with Crippen molar-refractivity contribution in [3.05, 3.63) is 70.5 Å². The lowest BCUT2D eigenvalue weighted by Gasteiger charge is -2.38. The van der Waals surface area contributed by atoms with Gasteiger partial charge in [0, 0.05) is 29.8 Å². The van der Waals surface area contributed by atoms with Gasteiger partial charge in [-0.05, 0) is 68.6 Å². The highest BCUT2D eigenvalue weighted by Crippen LogP contribution is 2.48. The van der Waals surface area contributed by atoms with E-state index in [1.165, 1.54) is 35.2 Å². The summed E-state index contributed by atoms with van der Waals surface area (Å²) in [6.45, 7) is 6.51. The fraction of sp³-hybridized carbons (Fsp3) is 0.400. The first-order chi connectivity index (χ1) is 14.6. The van der Waals surface area contributed by atoms with Crippen LogP contribution in [-0.4, -0.2) is 42.0 Å². The van der Waals surface area contributed by atoms with Gasteiger partial charge in [0.25, 0.3) is 0 Å². The van der Waals surface area contributed by atoms with E-state index in [-0.39, 0.29) is 5.92 Å². The minimum Gasteiger partial charge on any atom is -0.493 e. The van der Waals surface area contributed by atoms with E-state index in [0.29, 0.717) is 6.04 Å². The van der Waals surface area contributed by atoms with Crippen molar-refractivity contribution in [2.24, 2.45) is 0 Å². The van der Waals surface area contributed by atoms with Crippen LogP contribution in [-0.2, 0) is 0 Å². The van der Waals surface area contributed by atoms with Crippen molar-refractivity contribution in [2.75, 3.05) is 27.3 Å². The maximum absolute atomic E-state index is 5.67. The molecular weight excluding hydrogens is 374 g/mol. The number of benzene rings is 2. The molecule has 2 aliphatic rings. The molecular formula is C25H29N3O2. The first-order valence-electron chi connectivity index (χ1n) is 10.7. The third-order valence-electron chi connectivity index (χ3n) is 6.80. The molecule has 0 amide bonds. The fourth-order valence-electron chi connectivity index (χ4n) is 5.46. The summed E-state index contributed by atoms with van der Waals surface area (Å²) >= 11 is 0. The van der Waals surface area contributed by atoms with Gasteiger partial charge in [-0.1, -0.05) is 18.2 Å². The highest BCUT2D eigenvalue weighted by Gasteiger charge is 2.39. The molecule has 156 valence electrons. The summed E-state index contributed by atoms with van der Waals surface area (Å²) in [5.74, 6) is 1.89. The lowest BCUT2D eigenvalue weighted by Crippen LogP contribution is -2.35. The van der Waals surface area contributed by atoms with Crippen LogP contribution in [0.3, 0.4) is 0 Å². The highest BCUT2D eigenvalue weighted by molar-refractivity contribution is 5.55. The molecule has 2 aliphatic heterocycles. The standard InChI is InChI=1S/C25H29N3O2/c1-16-25(17(2)28(26-16)18-9-6-5-7-10-18)21-15-27-12-8-11-22(27)20-14-24(30-4)23(29-3)13-19(20)21/h5-7,9-10,13-14,21-22H,8,11-12,15H2,1-4H3/t21-,22+/m1/s1. The van der Waals surface area contributed by atoms with E-state index in [1.54, 1.807) is 14.2 Å². The monoisotopic (exact) mass is 403 g/mol. The predicted molar refractivity (Wildman–Crippen MR) is 118 cm³/mol. The second kappa shape index (κ2) is 7.47. The molecule has 1 fully saturated rings. The Kier molecular flexibility index (Phi) is 4.78. The van der Waals surface area contributed by atoms with Gasteiger partial charge in [-0.3, -0.25) is 4.90 Å². The molecule has 5 nitrogen and oxygen atoms in total. The van der Waals surface area contributed by atoms with Crippen molar-refractivity contribution >= 4 is 0 Å². The molecule has 3 heterocycles. The van der Waals surface area contributed by atoms with E-state index in [2.05, 4.69) is 59.8 Å². The minimum absolute atomic E-state index is 0.270. The zero-order valence-electron chi connectivity index (χ0n) is 18.2. The van der Waals surface area contributed by atoms with Crippen LogP contribution >= 0.6 is 0 Å². The second-order valence-corrected chi connectivity index (χ2v) is 8.37. The molecule has 3 aromatic rings. The second-order valence-electron chi connectivity index (χ2n) is 8.37. The van der Waals surface area contributed by atoms with Crippen LogP contribution in [0.5, 0.6) is 11.5 Å². The van der Waals surface area contributed by atoms with Crippen LogP contribution in [0.2, 0.25) is 0 Å². The van der Waals surface area contributed by atoms with Crippen molar-refractivity contribution in [1.82, 2.24) is 14.7 Å². The number of nitrogens with zero attached hydrogens (tertiary/aromatic N) is 3. The summed E-state index contributed by atoms with van der Waals surface area (Å²) in [6.07, 6.45) is 2.45. The predicted octanol–water partition coefficient (Wildman–Crippen LogP) is 4.79. The minimum atomic E-state index is 0.270. The van der Waals surface area contributed by atoms with Gasteiger partial charge < -0.3 is 9.47 Å². The third-order valence-corrected chi connectivity index (χ3v) is 6.80. The molecule has 5 heteroatoms. The van der Waals surface area contributed by atoms with E-state index < -0.39 is 0 Å². The molecule has 0 saturated carbocycles. The Bertz CT molecular complexity index is 1070. The van der Waals surface area contributed by atoms with Gasteiger partial charge >= 0.3 is 0 Å². The lowest BCUT2D eigenvalue weighted by atomic mass is 9.80. The lowest BCUT2D eigenvalue weighted by molar-refractivity contribution is 0.228. The number of ether oxygens (including phenoxy) is 2. The normalized spacial score (nSPS) is 20.7. The number of hydrogen-bond acceptors (Lipinski definition) is 4. The summed E-state index contributed by atoms with van der Waals surface area (Å²) in [6, 6.07) is 15.3. The molecule has 1 saturated heterocycles. The van der Waals surface area contributed by atoms with Gasteiger partial charge in [-0.15, -0.1) is 0 Å². The van der Waals surface area contributed by atoms with Crippen LogP contribution in [0.15, 0.2) is 42.5 Å². The van der Waals surface area contributed by atoms with Crippen molar-refractivity contribution in [1.29, 1.82) is 0 Å². The zero-order valence-corrected chi connectivity index (χ0v) is 18.2. The number of fused-ring (bicyclic) bond motifs is 3. The zero-order chi connectivity index (χ0) is 20.8. The number of methoxy groups -OCH3 is 2. The summed E-state index contributed by atoms with van der Waals surface area (Å²) in [7, 11) is 3.43. The molecule has 1 aromatic heterocycles. The number of hydrogen-bond donors (Lipinski definition) is 0. The Morgan fingerprint density at radius 1 is 0.967 bits per heavy atom. The van der Waals surface area contributed by atoms with Crippen molar-refractivity contribution in [3.8, 4) is 17.2 Å². The molecule has 0 unspecified atom stereocenters. The van der Waals surface area contributed by atoms with Crippen LogP contribution in [0, 0.1) is 13.8 Å². The summed E-state index contributed by atoms with van der Waals surface area (Å²) < 4.78 is 13.4. The third kappa shape index (κ3) is 2.91. The molecule has 0 N–H and O–H groups in total. The van der Waals surface area contributed by atoms with Crippen LogP contribution in [0.4, 0.5) is 0 Å². The first-order valence-corrected chi connectivity index (χ1v) is 10.7. The van der Waals surface area contributed by atoms with Gasteiger partial charge in [0.2, 0.25) is 0 Å². The van der Waals surface area contributed by atoms with Gasteiger partial charge in [0.05, 0.1) is 25.6 Å². The van der Waals surface area contributed by atoms with E-state index >= 15 is 0 Å². The Hall–Kier alpha value is -2.79. The van der Waals surface area contributed by atoms with Crippen LogP contribution in [0.25, 0.3) is 5.69 Å². The summed E-state index contributed by atoms with van der Waals surface area (Å²) in [4.78, 5) is 2.64. The van der Waals surface area contributed by atoms with Crippen LogP contribution in [0.1, 0.15) is 52.9 Å². The number of para-hydroxylation sites is 1. The van der Waals surface area contributed by atoms with Gasteiger partial charge in [0.1, 0.15) is 0 Å². The highest BCUT2D eigenvalue weighted by atomic mass is 16.5. The average Bonchev–Trinajstić information content (AvgIpc) is 3.36. The van der Waals surface area contributed by atoms with E-state index in [9.17, 15) is 0 Å². The van der Waals surface area contributed by atoms with Crippen molar-refractivity contribution < 1.29 is 9.47 Å². The maximum Gasteiger partial charge on any atom is 0.161 e. The Labute approximate surface area is 178 Å². The molecule has 0 spiro atoms. The molecule has 0 aliphatic carbocycles. The van der Waals surface area contributed by atoms with Gasteiger partial charge in [-0.25, -0.2) is 4.68 Å². The largest absolute Gasteiger partial charge is 0.493 e. The smallest absolute Gasteiger partial charge is 0.161 e. The Balaban J connectivity index is 1.68. The van der Waals surface area contributed by atoms with Gasteiger partial charge in [-0.2, -0.15) is 5.10 Å². The van der Waals surface area contributed by atoms with E-state index in [4.69, 9.17) is 14.6 Å². The Morgan fingerprint density at radius 3 is 2.37 bits per heavy atom. The first kappa shape index (κ1) is 19.2. The van der Waals surface area contributed by atoms with Gasteiger partial charge in [0.15, 0.2) is 11.5 Å². The maximum atomic E-state index is 5.67. The summed E-state index contributed by atoms with van der Waals surface area (Å²) in [5, 5.41) is 4.93. The number of aromatic nitrogens is 2. The number of rotatable bonds is 4. The Morgan fingerprint density at radius 2 is 1.67 bits per heavy atom. The summed E-state index contributed by atoms with van der Waals surface area (Å²) in [5.41, 5.74) is 7.48. The molecule has 5 rings (SSSR count). The molecule has 2 aromatic carbocycles. The quantitative estimate of drug-likeness (QED) is 0.628. The fourth-order valence-corrected chi connectivity index (χ4v) is 5.46. The van der Waals surface area contributed by atoms with E-state index in [1.807, 2.05) is 6.07 Å². The average molecular weight is 404 g/mol. The van der Waals surface area contributed by atoms with E-state index in [0.717, 1.165) is 36.0 Å². The molecule has 0 radical (unpaired) electrons. The SMILES string of the molecule is COc1cc2c(cc1OC)[C@@H]1CCCN1C[C@H]2c1c(C)nn(-c2ccccc2)c1C. The molecule has 0 bridgehead atoms.